The Hall–Kier alpha value is -3.24. The van der Waals surface area contributed by atoms with E-state index in [9.17, 15) is 17.6 Å². The summed E-state index contributed by atoms with van der Waals surface area (Å²) in [5.74, 6) is 12.7. The van der Waals surface area contributed by atoms with Crippen molar-refractivity contribution < 1.29 is 20.4 Å². The predicted molar refractivity (Wildman–Crippen MR) is 193 cm³/mol. The highest BCUT2D eigenvalue weighted by Crippen LogP contribution is 2.39. The summed E-state index contributed by atoms with van der Waals surface area (Å²) in [5, 5.41) is 0. The summed E-state index contributed by atoms with van der Waals surface area (Å²) in [4.78, 5) is 0. The Bertz CT molecular complexity index is 1500. The third-order valence-corrected chi connectivity index (χ3v) is 11.3. The Balaban J connectivity index is 0.000000260. The van der Waals surface area contributed by atoms with E-state index >= 15 is 0 Å². The molecule has 0 spiro atoms. The molecule has 4 aliphatic rings. The lowest BCUT2D eigenvalue weighted by atomic mass is 9.75. The number of rotatable bonds is 2. The van der Waals surface area contributed by atoms with Crippen LogP contribution < -0.4 is 0 Å². The van der Waals surface area contributed by atoms with Crippen LogP contribution >= 0.6 is 0 Å². The molecule has 2 aromatic carbocycles. The normalized spacial score (nSPS) is 27.2. The second-order valence-electron chi connectivity index (χ2n) is 15.1. The molecule has 4 aliphatic carbocycles. The molecule has 2 fully saturated rings. The van der Waals surface area contributed by atoms with E-state index in [1.807, 2.05) is 0 Å². The van der Waals surface area contributed by atoms with Crippen molar-refractivity contribution in [2.75, 3.05) is 0 Å². The Morgan fingerprint density at radius 2 is 0.896 bits per heavy atom. The minimum atomic E-state index is -0.814. The lowest BCUT2D eigenvalue weighted by molar-refractivity contribution is 0.310. The zero-order valence-electron chi connectivity index (χ0n) is 29.3. The standard InChI is InChI=1S/2C22H26F2.2H2/c2*1-15-3-9-18(10-4-15)19-12-6-17(7-13-19)8-14-20-11-5-16(2)21(23)22(20)24;;/h2*5,11-12,15,17-18H,3-4,6-7,9-10,13H2,1-2H3;2*1H. The van der Waals surface area contributed by atoms with E-state index < -0.39 is 23.3 Å². The first kappa shape index (κ1) is 36.1. The van der Waals surface area contributed by atoms with Gasteiger partial charge in [0.15, 0.2) is 23.3 Å². The molecule has 6 rings (SSSR count). The maximum atomic E-state index is 13.9. The SMILES string of the molecule is Cc1ccc(C#CC2CC=C(C3CCC(C)CC3)CC2)c(F)c1F.Cc1ccc(C#CC2CC=C(C3CCC(C)CC3)CC2)c(F)c1F.[HH].[HH]. The van der Waals surface area contributed by atoms with Crippen LogP contribution in [0.2, 0.25) is 0 Å². The van der Waals surface area contributed by atoms with Crippen molar-refractivity contribution in [1.82, 2.24) is 0 Å². The van der Waals surface area contributed by atoms with Crippen LogP contribution in [0.5, 0.6) is 0 Å². The second kappa shape index (κ2) is 16.9. The van der Waals surface area contributed by atoms with Crippen molar-refractivity contribution in [3.8, 4) is 23.7 Å². The molecule has 2 saturated carbocycles. The molecular weight excluding hydrogens is 604 g/mol. The van der Waals surface area contributed by atoms with Crippen molar-refractivity contribution in [3.05, 3.63) is 93.1 Å². The van der Waals surface area contributed by atoms with Crippen molar-refractivity contribution in [1.29, 1.82) is 0 Å². The van der Waals surface area contributed by atoms with Gasteiger partial charge in [0.05, 0.1) is 11.1 Å². The van der Waals surface area contributed by atoms with Gasteiger partial charge in [0.2, 0.25) is 0 Å². The van der Waals surface area contributed by atoms with Crippen LogP contribution in [0.3, 0.4) is 0 Å². The molecule has 0 aromatic heterocycles. The average molecular weight is 661 g/mol. The Morgan fingerprint density at radius 1 is 0.521 bits per heavy atom. The van der Waals surface area contributed by atoms with E-state index in [0.717, 1.165) is 62.2 Å². The average Bonchev–Trinajstić information content (AvgIpc) is 3.10. The number of hydrogen-bond acceptors (Lipinski definition) is 0. The third-order valence-electron chi connectivity index (χ3n) is 11.3. The van der Waals surface area contributed by atoms with Crippen molar-refractivity contribution in [3.63, 3.8) is 0 Å². The summed E-state index contributed by atoms with van der Waals surface area (Å²) in [6, 6.07) is 6.33. The van der Waals surface area contributed by atoms with Gasteiger partial charge in [-0.1, -0.05) is 98.6 Å². The molecule has 2 atom stereocenters. The lowest BCUT2D eigenvalue weighted by Gasteiger charge is -2.30. The van der Waals surface area contributed by atoms with Gasteiger partial charge in [0.1, 0.15) is 0 Å². The molecule has 0 radical (unpaired) electrons. The fourth-order valence-electron chi connectivity index (χ4n) is 7.82. The molecule has 48 heavy (non-hydrogen) atoms. The highest BCUT2D eigenvalue weighted by Gasteiger charge is 2.25. The summed E-state index contributed by atoms with van der Waals surface area (Å²) in [5.41, 5.74) is 4.23. The van der Waals surface area contributed by atoms with Crippen LogP contribution in [0.4, 0.5) is 17.6 Å². The third kappa shape index (κ3) is 9.47. The first-order valence-corrected chi connectivity index (χ1v) is 18.4. The number of allylic oxidation sites excluding steroid dienone is 4. The van der Waals surface area contributed by atoms with Crippen molar-refractivity contribution >= 4 is 0 Å². The van der Waals surface area contributed by atoms with E-state index in [1.54, 1.807) is 49.3 Å². The van der Waals surface area contributed by atoms with Gasteiger partial charge in [-0.05, 0) is 125 Å². The Labute approximate surface area is 289 Å². The molecule has 0 bridgehead atoms. The van der Waals surface area contributed by atoms with Crippen LogP contribution in [-0.4, -0.2) is 0 Å². The number of benzene rings is 2. The van der Waals surface area contributed by atoms with E-state index in [1.165, 1.54) is 51.4 Å². The van der Waals surface area contributed by atoms with Gasteiger partial charge in [-0.15, -0.1) is 0 Å². The zero-order chi connectivity index (χ0) is 34.2. The Kier molecular flexibility index (Phi) is 12.7. The van der Waals surface area contributed by atoms with Crippen LogP contribution in [0.25, 0.3) is 0 Å². The van der Waals surface area contributed by atoms with E-state index in [4.69, 9.17) is 0 Å². The van der Waals surface area contributed by atoms with Crippen LogP contribution in [-0.2, 0) is 0 Å². The van der Waals surface area contributed by atoms with Gasteiger partial charge >= 0.3 is 0 Å². The summed E-state index contributed by atoms with van der Waals surface area (Å²) >= 11 is 0. The minimum Gasteiger partial charge on any atom is -0.203 e. The predicted octanol–water partition coefficient (Wildman–Crippen LogP) is 12.8. The molecule has 0 aliphatic heterocycles. The second-order valence-corrected chi connectivity index (χ2v) is 15.1. The van der Waals surface area contributed by atoms with Gasteiger partial charge in [-0.2, -0.15) is 0 Å². The molecule has 2 aromatic rings. The van der Waals surface area contributed by atoms with Crippen LogP contribution in [0.15, 0.2) is 47.6 Å². The molecule has 4 heteroatoms. The fourth-order valence-corrected chi connectivity index (χ4v) is 7.82. The topological polar surface area (TPSA) is 0 Å². The highest BCUT2D eigenvalue weighted by atomic mass is 19.2. The first-order chi connectivity index (χ1) is 23.1. The molecule has 2 unspecified atom stereocenters. The Morgan fingerprint density at radius 3 is 1.23 bits per heavy atom. The van der Waals surface area contributed by atoms with E-state index in [2.05, 4.69) is 49.7 Å². The van der Waals surface area contributed by atoms with Crippen molar-refractivity contribution in [2.24, 2.45) is 35.5 Å². The van der Waals surface area contributed by atoms with E-state index in [-0.39, 0.29) is 25.8 Å². The molecule has 0 heterocycles. The quantitative estimate of drug-likeness (QED) is 0.171. The minimum absolute atomic E-state index is 0. The molecule has 0 N–H and O–H groups in total. The fraction of sp³-hybridized carbons (Fsp3) is 0.545. The molecule has 0 amide bonds. The molecular formula is C44H56F4. The summed E-state index contributed by atoms with van der Waals surface area (Å²) in [6.07, 6.45) is 21.7. The van der Waals surface area contributed by atoms with Crippen LogP contribution in [0, 0.1) is 96.3 Å². The lowest BCUT2D eigenvalue weighted by Crippen LogP contribution is -2.17. The van der Waals surface area contributed by atoms with Gasteiger partial charge < -0.3 is 0 Å². The van der Waals surface area contributed by atoms with Gasteiger partial charge in [0, 0.05) is 14.7 Å². The maximum Gasteiger partial charge on any atom is 0.174 e. The van der Waals surface area contributed by atoms with Crippen LogP contribution in [0.1, 0.15) is 129 Å². The monoisotopic (exact) mass is 660 g/mol. The molecule has 0 saturated heterocycles. The summed E-state index contributed by atoms with van der Waals surface area (Å²) in [7, 11) is 0. The zero-order valence-corrected chi connectivity index (χ0v) is 29.3. The van der Waals surface area contributed by atoms with Crippen molar-refractivity contribution in [2.45, 2.75) is 118 Å². The van der Waals surface area contributed by atoms with Gasteiger partial charge in [0.25, 0.3) is 0 Å². The van der Waals surface area contributed by atoms with Gasteiger partial charge in [-0.25, -0.2) is 17.6 Å². The first-order valence-electron chi connectivity index (χ1n) is 18.4. The van der Waals surface area contributed by atoms with Gasteiger partial charge in [-0.3, -0.25) is 0 Å². The largest absolute Gasteiger partial charge is 0.203 e. The summed E-state index contributed by atoms with van der Waals surface area (Å²) < 4.78 is 54.9. The highest BCUT2D eigenvalue weighted by molar-refractivity contribution is 5.40. The smallest absolute Gasteiger partial charge is 0.174 e. The molecule has 0 nitrogen and oxygen atoms in total. The number of halogens is 4. The maximum absolute atomic E-state index is 13.9. The molecule has 260 valence electrons. The number of aryl methyl sites for hydroxylation is 2. The van der Waals surface area contributed by atoms with E-state index in [0.29, 0.717) is 11.1 Å². The summed E-state index contributed by atoms with van der Waals surface area (Å²) in [6.45, 7) is 7.83. The number of hydrogen-bond donors (Lipinski definition) is 0.